The molecule has 0 rings (SSSR count). The van der Waals surface area contributed by atoms with Gasteiger partial charge in [-0.3, -0.25) is 0 Å². The van der Waals surface area contributed by atoms with Crippen LogP contribution in [0.3, 0.4) is 0 Å². The first-order valence-corrected chi connectivity index (χ1v) is 13.2. The van der Waals surface area contributed by atoms with E-state index in [0.29, 0.717) is 11.6 Å². The van der Waals surface area contributed by atoms with Crippen LogP contribution in [0.2, 0.25) is 11.7 Å². The van der Waals surface area contributed by atoms with Gasteiger partial charge >= 0.3 is 6.00 Å². The third-order valence-corrected chi connectivity index (χ3v) is 13.2. The first-order chi connectivity index (χ1) is 5.12. The van der Waals surface area contributed by atoms with Gasteiger partial charge in [-0.1, -0.05) is 13.8 Å². The summed E-state index contributed by atoms with van der Waals surface area (Å²) in [6.07, 6.45) is 0. The van der Waals surface area contributed by atoms with E-state index >= 15 is 0 Å². The summed E-state index contributed by atoms with van der Waals surface area (Å²) in [6.45, 7) is 1.83. The molecule has 0 unspecified atom stereocenters. The summed E-state index contributed by atoms with van der Waals surface area (Å²) in [7, 11) is 0. The Hall–Kier alpha value is 1.88. The average molecular weight is 305 g/mol. The highest BCUT2D eigenvalue weighted by Gasteiger charge is 2.40. The molecule has 0 heterocycles. The molecule has 0 atom stereocenters. The van der Waals surface area contributed by atoms with Crippen molar-refractivity contribution in [1.29, 1.82) is 0 Å². The molecule has 0 aromatic rings. The Kier molecular flexibility index (Phi) is 5.90. The van der Waals surface area contributed by atoms with E-state index in [4.69, 9.17) is 55.4 Å². The van der Waals surface area contributed by atoms with Gasteiger partial charge in [-0.2, -0.15) is 0 Å². The Morgan fingerprint density at radius 3 is 1.67 bits per heavy atom. The van der Waals surface area contributed by atoms with Gasteiger partial charge in [-0.05, 0) is 12.0 Å². The SMILES string of the molecule is CC(C)C[Si](Cl)(Cl)C[Si](Cl)(Cl)Cl. The topological polar surface area (TPSA) is 0 Å². The van der Waals surface area contributed by atoms with Crippen molar-refractivity contribution >= 4 is 68.1 Å². The molecule has 0 spiro atoms. The second-order valence-electron chi connectivity index (χ2n) is 3.25. The van der Waals surface area contributed by atoms with Gasteiger partial charge < -0.3 is 0 Å². The normalized spacial score (nSPS) is 14.0. The minimum atomic E-state index is -2.64. The van der Waals surface area contributed by atoms with Crippen LogP contribution in [0.25, 0.3) is 0 Å². The summed E-state index contributed by atoms with van der Waals surface area (Å²) in [5.74, 6) is 0.466. The molecule has 0 nitrogen and oxygen atoms in total. The van der Waals surface area contributed by atoms with Gasteiger partial charge in [0.2, 0.25) is 0 Å². The lowest BCUT2D eigenvalue weighted by Crippen LogP contribution is -2.30. The Labute approximate surface area is 99.0 Å². The Bertz CT molecular complexity index is 141. The zero-order valence-electron chi connectivity index (χ0n) is 6.88. The third kappa shape index (κ3) is 8.48. The summed E-state index contributed by atoms with van der Waals surface area (Å²) in [6, 6.07) is -1.86. The molecule has 0 N–H and O–H groups in total. The summed E-state index contributed by atoms with van der Waals surface area (Å²) in [5, 5.41) is 0. The molecule has 0 radical (unpaired) electrons. The van der Waals surface area contributed by atoms with Crippen molar-refractivity contribution in [2.24, 2.45) is 5.92 Å². The standard InChI is InChI=1S/C5H11Cl5Si2/c1-5(2)3-11(6,7)4-12(8,9)10/h5H,3-4H2,1-2H3. The van der Waals surface area contributed by atoms with E-state index in [2.05, 4.69) is 13.8 Å². The summed E-state index contributed by atoms with van der Waals surface area (Å²) >= 11 is 29.4. The molecule has 0 bridgehead atoms. The number of halogens is 5. The fourth-order valence-corrected chi connectivity index (χ4v) is 20.4. The minimum absolute atomic E-state index is 0.423. The van der Waals surface area contributed by atoms with Crippen LogP contribution >= 0.6 is 55.4 Å². The van der Waals surface area contributed by atoms with Crippen LogP contribution in [0.4, 0.5) is 0 Å². The van der Waals surface area contributed by atoms with E-state index in [1.807, 2.05) is 0 Å². The van der Waals surface area contributed by atoms with Gasteiger partial charge in [0, 0.05) is 5.67 Å². The van der Waals surface area contributed by atoms with E-state index in [0.717, 1.165) is 6.04 Å². The van der Waals surface area contributed by atoms with Crippen molar-refractivity contribution in [3.05, 3.63) is 0 Å². The smallest absolute Gasteiger partial charge is 0.146 e. The van der Waals surface area contributed by atoms with Crippen LogP contribution < -0.4 is 0 Å². The molecule has 0 saturated heterocycles. The summed E-state index contributed by atoms with van der Waals surface area (Å²) < 4.78 is 0. The molecule has 12 heavy (non-hydrogen) atoms. The van der Waals surface area contributed by atoms with E-state index < -0.39 is 12.7 Å². The van der Waals surface area contributed by atoms with Crippen LogP contribution in [0, 0.1) is 5.92 Å². The van der Waals surface area contributed by atoms with Crippen LogP contribution in [0.5, 0.6) is 0 Å². The minimum Gasteiger partial charge on any atom is -0.146 e. The number of rotatable bonds is 4. The van der Waals surface area contributed by atoms with E-state index in [1.54, 1.807) is 0 Å². The predicted molar refractivity (Wildman–Crippen MR) is 65.2 cm³/mol. The second kappa shape index (κ2) is 5.10. The molecule has 0 aromatic carbocycles. The summed E-state index contributed by atoms with van der Waals surface area (Å²) in [4.78, 5) is 0. The van der Waals surface area contributed by atoms with Crippen molar-refractivity contribution < 1.29 is 0 Å². The fourth-order valence-electron chi connectivity index (χ4n) is 0.963. The van der Waals surface area contributed by atoms with E-state index in [1.165, 1.54) is 0 Å². The third-order valence-electron chi connectivity index (χ3n) is 1.17. The van der Waals surface area contributed by atoms with Gasteiger partial charge in [-0.15, -0.1) is 55.4 Å². The predicted octanol–water partition coefficient (Wildman–Crippen LogP) is 4.76. The Morgan fingerprint density at radius 1 is 1.00 bits per heavy atom. The molecular weight excluding hydrogens is 293 g/mol. The van der Waals surface area contributed by atoms with Gasteiger partial charge in [0.1, 0.15) is 0 Å². The van der Waals surface area contributed by atoms with Crippen LogP contribution in [-0.4, -0.2) is 12.7 Å². The van der Waals surface area contributed by atoms with Gasteiger partial charge in [0.25, 0.3) is 6.69 Å². The number of hydrogen-bond donors (Lipinski definition) is 0. The van der Waals surface area contributed by atoms with Crippen LogP contribution in [-0.2, 0) is 0 Å². The molecule has 0 aliphatic heterocycles. The maximum absolute atomic E-state index is 6.10. The lowest BCUT2D eigenvalue weighted by molar-refractivity contribution is 0.727. The van der Waals surface area contributed by atoms with Gasteiger partial charge in [0.05, 0.1) is 0 Å². The molecule has 0 aliphatic rings. The van der Waals surface area contributed by atoms with Gasteiger partial charge in [0.15, 0.2) is 0 Å². The zero-order chi connectivity index (χ0) is 9.99. The molecule has 0 fully saturated rings. The molecule has 7 heteroatoms. The number of hydrogen-bond acceptors (Lipinski definition) is 0. The lowest BCUT2D eigenvalue weighted by Gasteiger charge is -2.21. The maximum atomic E-state index is 6.10. The average Bonchev–Trinajstić information content (AvgIpc) is 1.48. The highest BCUT2D eigenvalue weighted by atomic mass is 35.8. The summed E-state index contributed by atoms with van der Waals surface area (Å²) in [5.41, 5.74) is 0.423. The zero-order valence-corrected chi connectivity index (χ0v) is 12.7. The first-order valence-electron chi connectivity index (χ1n) is 3.57. The highest BCUT2D eigenvalue weighted by molar-refractivity contribution is 7.69. The molecular formula is C5H11Cl5Si2. The molecule has 0 aromatic heterocycles. The fraction of sp³-hybridized carbons (Fsp3) is 1.00. The van der Waals surface area contributed by atoms with Crippen LogP contribution in [0.1, 0.15) is 13.8 Å². The Morgan fingerprint density at radius 2 is 1.42 bits per heavy atom. The van der Waals surface area contributed by atoms with Crippen molar-refractivity contribution in [2.75, 3.05) is 0 Å². The maximum Gasteiger partial charge on any atom is 0.341 e. The van der Waals surface area contributed by atoms with Crippen molar-refractivity contribution in [1.82, 2.24) is 0 Å². The van der Waals surface area contributed by atoms with Crippen molar-refractivity contribution in [3.63, 3.8) is 0 Å². The monoisotopic (exact) mass is 302 g/mol. The Balaban J connectivity index is 4.04. The van der Waals surface area contributed by atoms with Crippen LogP contribution in [0.15, 0.2) is 0 Å². The van der Waals surface area contributed by atoms with Crippen molar-refractivity contribution in [2.45, 2.75) is 25.6 Å². The molecule has 74 valence electrons. The highest BCUT2D eigenvalue weighted by Crippen LogP contribution is 2.38. The molecule has 0 amide bonds. The largest absolute Gasteiger partial charge is 0.341 e. The molecule has 0 aliphatic carbocycles. The quantitative estimate of drug-likeness (QED) is 0.519. The second-order valence-corrected chi connectivity index (χ2v) is 20.5. The molecule has 0 saturated carbocycles. The van der Waals surface area contributed by atoms with E-state index in [9.17, 15) is 0 Å². The van der Waals surface area contributed by atoms with Gasteiger partial charge in [-0.25, -0.2) is 0 Å². The first kappa shape index (κ1) is 13.9. The van der Waals surface area contributed by atoms with Crippen molar-refractivity contribution in [3.8, 4) is 0 Å². The van der Waals surface area contributed by atoms with E-state index in [-0.39, 0.29) is 0 Å². The lowest BCUT2D eigenvalue weighted by atomic mass is 10.3.